The van der Waals surface area contributed by atoms with Crippen LogP contribution in [0.15, 0.2) is 40.9 Å². The first-order valence-corrected chi connectivity index (χ1v) is 7.48. The Kier molecular flexibility index (Phi) is 5.72. The van der Waals surface area contributed by atoms with Gasteiger partial charge in [-0.2, -0.15) is 4.98 Å². The van der Waals surface area contributed by atoms with E-state index in [9.17, 15) is 0 Å². The molecule has 0 aliphatic heterocycles. The summed E-state index contributed by atoms with van der Waals surface area (Å²) >= 11 is 0. The molecule has 118 valence electrons. The number of aryl methyl sites for hydroxylation is 1. The number of hydrogen-bond donors (Lipinski definition) is 1. The lowest BCUT2D eigenvalue weighted by atomic mass is 10.1. The molecule has 0 saturated heterocycles. The molecule has 1 aromatic heterocycles. The van der Waals surface area contributed by atoms with Crippen LogP contribution in [0.3, 0.4) is 0 Å². The molecular formula is C17H23N3O2. The summed E-state index contributed by atoms with van der Waals surface area (Å²) in [6.45, 7) is 10.9. The van der Waals surface area contributed by atoms with Crippen LogP contribution in [-0.4, -0.2) is 16.7 Å². The van der Waals surface area contributed by atoms with Crippen LogP contribution in [0.1, 0.15) is 43.6 Å². The van der Waals surface area contributed by atoms with Crippen molar-refractivity contribution in [3.05, 3.63) is 53.7 Å². The lowest BCUT2D eigenvalue weighted by molar-refractivity contribution is 0.318. The minimum atomic E-state index is 0.0374. The number of aromatic nitrogens is 2. The second-order valence-corrected chi connectivity index (χ2v) is 5.38. The quantitative estimate of drug-likeness (QED) is 0.755. The lowest BCUT2D eigenvalue weighted by Crippen LogP contribution is -2.21. The van der Waals surface area contributed by atoms with Crippen molar-refractivity contribution in [2.75, 3.05) is 6.61 Å². The molecule has 22 heavy (non-hydrogen) atoms. The zero-order valence-corrected chi connectivity index (χ0v) is 13.4. The predicted molar refractivity (Wildman–Crippen MR) is 85.7 cm³/mol. The molecule has 0 radical (unpaired) electrons. The van der Waals surface area contributed by atoms with E-state index in [1.54, 1.807) is 0 Å². The Bertz CT molecular complexity index is 622. The SMILES string of the molecule is C=C(C)COc1ccccc1CNC(CC)c1nc(C)no1. The van der Waals surface area contributed by atoms with Crippen molar-refractivity contribution in [3.8, 4) is 5.75 Å². The van der Waals surface area contributed by atoms with Gasteiger partial charge in [-0.1, -0.05) is 36.9 Å². The largest absolute Gasteiger partial charge is 0.489 e. The first-order chi connectivity index (χ1) is 10.6. The highest BCUT2D eigenvalue weighted by Crippen LogP contribution is 2.21. The maximum atomic E-state index is 5.78. The molecule has 2 rings (SSSR count). The Morgan fingerprint density at radius 2 is 2.18 bits per heavy atom. The zero-order chi connectivity index (χ0) is 15.9. The summed E-state index contributed by atoms with van der Waals surface area (Å²) in [6, 6.07) is 8.03. The van der Waals surface area contributed by atoms with Crippen LogP contribution in [-0.2, 0) is 6.54 Å². The number of para-hydroxylation sites is 1. The number of rotatable bonds is 8. The molecular weight excluding hydrogens is 278 g/mol. The molecule has 0 aliphatic carbocycles. The van der Waals surface area contributed by atoms with Crippen molar-refractivity contribution in [2.45, 2.75) is 39.8 Å². The van der Waals surface area contributed by atoms with Crippen molar-refractivity contribution in [1.29, 1.82) is 0 Å². The molecule has 1 N–H and O–H groups in total. The zero-order valence-electron chi connectivity index (χ0n) is 13.4. The smallest absolute Gasteiger partial charge is 0.243 e. The summed E-state index contributed by atoms with van der Waals surface area (Å²) in [5, 5.41) is 7.29. The van der Waals surface area contributed by atoms with Gasteiger partial charge >= 0.3 is 0 Å². The van der Waals surface area contributed by atoms with E-state index in [-0.39, 0.29) is 6.04 Å². The van der Waals surface area contributed by atoms with Crippen molar-refractivity contribution in [1.82, 2.24) is 15.5 Å². The highest BCUT2D eigenvalue weighted by molar-refractivity contribution is 5.33. The number of nitrogens with zero attached hydrogens (tertiary/aromatic N) is 2. The monoisotopic (exact) mass is 301 g/mol. The van der Waals surface area contributed by atoms with E-state index in [2.05, 4.69) is 29.0 Å². The molecule has 0 saturated carbocycles. The third-order valence-corrected chi connectivity index (χ3v) is 3.24. The minimum Gasteiger partial charge on any atom is -0.489 e. The van der Waals surface area contributed by atoms with Gasteiger partial charge in [-0.3, -0.25) is 0 Å². The summed E-state index contributed by atoms with van der Waals surface area (Å²) in [5.74, 6) is 2.15. The average molecular weight is 301 g/mol. The van der Waals surface area contributed by atoms with Crippen LogP contribution in [0.25, 0.3) is 0 Å². The number of nitrogens with one attached hydrogen (secondary N) is 1. The average Bonchev–Trinajstić information content (AvgIpc) is 2.93. The van der Waals surface area contributed by atoms with Gasteiger partial charge < -0.3 is 14.6 Å². The molecule has 0 spiro atoms. The summed E-state index contributed by atoms with van der Waals surface area (Å²) in [5.41, 5.74) is 2.09. The maximum absolute atomic E-state index is 5.78. The molecule has 1 heterocycles. The van der Waals surface area contributed by atoms with Gasteiger partial charge in [-0.25, -0.2) is 0 Å². The highest BCUT2D eigenvalue weighted by atomic mass is 16.5. The van der Waals surface area contributed by atoms with Gasteiger partial charge in [0.05, 0.1) is 6.04 Å². The first-order valence-electron chi connectivity index (χ1n) is 7.48. The summed E-state index contributed by atoms with van der Waals surface area (Å²) in [6.07, 6.45) is 0.871. The predicted octanol–water partition coefficient (Wildman–Crippen LogP) is 3.57. The van der Waals surface area contributed by atoms with Gasteiger partial charge in [0.15, 0.2) is 5.82 Å². The molecule has 1 unspecified atom stereocenters. The Morgan fingerprint density at radius 1 is 1.41 bits per heavy atom. The second kappa shape index (κ2) is 7.75. The van der Waals surface area contributed by atoms with Crippen molar-refractivity contribution >= 4 is 0 Å². The second-order valence-electron chi connectivity index (χ2n) is 5.38. The van der Waals surface area contributed by atoms with Crippen molar-refractivity contribution in [2.24, 2.45) is 0 Å². The Morgan fingerprint density at radius 3 is 2.82 bits per heavy atom. The molecule has 5 heteroatoms. The van der Waals surface area contributed by atoms with Crippen LogP contribution in [0.2, 0.25) is 0 Å². The summed E-state index contributed by atoms with van der Waals surface area (Å²) in [7, 11) is 0. The van der Waals surface area contributed by atoms with E-state index < -0.39 is 0 Å². The Labute approximate surface area is 131 Å². The summed E-state index contributed by atoms with van der Waals surface area (Å²) < 4.78 is 11.0. The molecule has 0 amide bonds. The number of benzene rings is 1. The molecule has 1 aromatic carbocycles. The minimum absolute atomic E-state index is 0.0374. The molecule has 0 aliphatic rings. The van der Waals surface area contributed by atoms with Gasteiger partial charge in [-0.15, -0.1) is 0 Å². The molecule has 1 atom stereocenters. The fourth-order valence-electron chi connectivity index (χ4n) is 2.09. The van der Waals surface area contributed by atoms with Crippen LogP contribution >= 0.6 is 0 Å². The van der Waals surface area contributed by atoms with Crippen LogP contribution in [0, 0.1) is 6.92 Å². The normalized spacial score (nSPS) is 12.1. The maximum Gasteiger partial charge on any atom is 0.243 e. The molecule has 5 nitrogen and oxygen atoms in total. The molecule has 0 fully saturated rings. The van der Waals surface area contributed by atoms with Gasteiger partial charge in [-0.05, 0) is 31.9 Å². The lowest BCUT2D eigenvalue weighted by Gasteiger charge is -2.15. The Hall–Kier alpha value is -2.14. The third kappa shape index (κ3) is 4.43. The van der Waals surface area contributed by atoms with E-state index in [0.29, 0.717) is 24.9 Å². The van der Waals surface area contributed by atoms with Gasteiger partial charge in [0, 0.05) is 12.1 Å². The van der Waals surface area contributed by atoms with Gasteiger partial charge in [0.1, 0.15) is 12.4 Å². The number of hydrogen-bond acceptors (Lipinski definition) is 5. The van der Waals surface area contributed by atoms with E-state index in [1.165, 1.54) is 0 Å². The van der Waals surface area contributed by atoms with Crippen LogP contribution in [0.5, 0.6) is 5.75 Å². The van der Waals surface area contributed by atoms with E-state index in [0.717, 1.165) is 23.3 Å². The van der Waals surface area contributed by atoms with E-state index in [4.69, 9.17) is 9.26 Å². The fraction of sp³-hybridized carbons (Fsp3) is 0.412. The van der Waals surface area contributed by atoms with Crippen molar-refractivity contribution < 1.29 is 9.26 Å². The van der Waals surface area contributed by atoms with E-state index in [1.807, 2.05) is 38.1 Å². The Balaban J connectivity index is 2.02. The van der Waals surface area contributed by atoms with E-state index >= 15 is 0 Å². The fourth-order valence-corrected chi connectivity index (χ4v) is 2.09. The van der Waals surface area contributed by atoms with Gasteiger partial charge in [0.2, 0.25) is 5.89 Å². The third-order valence-electron chi connectivity index (χ3n) is 3.24. The van der Waals surface area contributed by atoms with Gasteiger partial charge in [0.25, 0.3) is 0 Å². The summed E-state index contributed by atoms with van der Waals surface area (Å²) in [4.78, 5) is 4.29. The molecule has 2 aromatic rings. The first kappa shape index (κ1) is 16.2. The highest BCUT2D eigenvalue weighted by Gasteiger charge is 2.16. The van der Waals surface area contributed by atoms with Crippen LogP contribution < -0.4 is 10.1 Å². The molecule has 0 bridgehead atoms. The topological polar surface area (TPSA) is 60.2 Å². The van der Waals surface area contributed by atoms with Crippen molar-refractivity contribution in [3.63, 3.8) is 0 Å². The standard InChI is InChI=1S/C17H23N3O2/c1-5-15(17-19-13(4)20-22-17)18-10-14-8-6-7-9-16(14)21-11-12(2)3/h6-9,15,18H,2,5,10-11H2,1,3-4H3. The van der Waals surface area contributed by atoms with Crippen LogP contribution in [0.4, 0.5) is 0 Å². The number of ether oxygens (including phenoxy) is 1.